The second-order valence-corrected chi connectivity index (χ2v) is 10.2. The summed E-state index contributed by atoms with van der Waals surface area (Å²) < 4.78 is 0. The van der Waals surface area contributed by atoms with E-state index in [0.29, 0.717) is 11.5 Å². The lowest BCUT2D eigenvalue weighted by molar-refractivity contribution is -0.143. The van der Waals surface area contributed by atoms with E-state index in [2.05, 4.69) is 16.0 Å². The Labute approximate surface area is 209 Å². The lowest BCUT2D eigenvalue weighted by atomic mass is 10.0. The van der Waals surface area contributed by atoms with Gasteiger partial charge in [-0.1, -0.05) is 13.8 Å². The molecule has 13 heteroatoms. The van der Waals surface area contributed by atoms with Gasteiger partial charge in [-0.15, -0.1) is 0 Å². The molecule has 7 N–H and O–H groups in total. The molecule has 0 bridgehead atoms. The summed E-state index contributed by atoms with van der Waals surface area (Å²) in [6.07, 6.45) is 4.10. The van der Waals surface area contributed by atoms with Crippen molar-refractivity contribution in [3.63, 3.8) is 0 Å². The van der Waals surface area contributed by atoms with Gasteiger partial charge in [0.1, 0.15) is 18.1 Å². The predicted octanol–water partition coefficient (Wildman–Crippen LogP) is 0.270. The van der Waals surface area contributed by atoms with Gasteiger partial charge < -0.3 is 31.9 Å². The summed E-state index contributed by atoms with van der Waals surface area (Å²) in [5, 5.41) is 25.9. The van der Waals surface area contributed by atoms with Gasteiger partial charge in [-0.2, -0.15) is 23.5 Å². The van der Waals surface area contributed by atoms with Crippen LogP contribution in [0.2, 0.25) is 0 Å². The number of rotatable bonds is 18. The van der Waals surface area contributed by atoms with E-state index >= 15 is 0 Å². The van der Waals surface area contributed by atoms with Gasteiger partial charge in [0.2, 0.25) is 17.7 Å². The van der Waals surface area contributed by atoms with Crippen molar-refractivity contribution >= 4 is 53.2 Å². The fourth-order valence-electron chi connectivity index (χ4n) is 2.94. The molecule has 0 heterocycles. The molecular weight excluding hydrogens is 484 g/mol. The summed E-state index contributed by atoms with van der Waals surface area (Å²) in [7, 11) is 0. The van der Waals surface area contributed by atoms with Gasteiger partial charge in [-0.05, 0) is 55.6 Å². The average Bonchev–Trinajstić information content (AvgIpc) is 2.76. The summed E-state index contributed by atoms with van der Waals surface area (Å²) in [5.74, 6) is -2.97. The van der Waals surface area contributed by atoms with Gasteiger partial charge >= 0.3 is 11.9 Å². The van der Waals surface area contributed by atoms with E-state index in [1.165, 1.54) is 23.5 Å². The maximum absolute atomic E-state index is 13.0. The highest BCUT2D eigenvalue weighted by Gasteiger charge is 2.30. The number of nitrogens with one attached hydrogen (secondary N) is 3. The van der Waals surface area contributed by atoms with Crippen molar-refractivity contribution in [3.8, 4) is 0 Å². The highest BCUT2D eigenvalue weighted by Crippen LogP contribution is 2.09. The van der Waals surface area contributed by atoms with E-state index in [0.717, 1.165) is 0 Å². The SMILES string of the molecule is CSCCC(NC(=O)C(N)CCC(=O)O)C(=O)NC(CCSC)C(=O)NC(CC(C)C)C(=O)O. The largest absolute Gasteiger partial charge is 0.481 e. The minimum atomic E-state index is -1.16. The zero-order chi connectivity index (χ0) is 26.3. The lowest BCUT2D eigenvalue weighted by Crippen LogP contribution is -2.57. The van der Waals surface area contributed by atoms with Crippen LogP contribution in [0.15, 0.2) is 0 Å². The minimum Gasteiger partial charge on any atom is -0.481 e. The molecule has 196 valence electrons. The fourth-order valence-corrected chi connectivity index (χ4v) is 3.88. The molecule has 34 heavy (non-hydrogen) atoms. The van der Waals surface area contributed by atoms with Crippen LogP contribution >= 0.6 is 23.5 Å². The van der Waals surface area contributed by atoms with Crippen LogP contribution in [0.25, 0.3) is 0 Å². The zero-order valence-electron chi connectivity index (χ0n) is 20.2. The van der Waals surface area contributed by atoms with Crippen LogP contribution < -0.4 is 21.7 Å². The Balaban J connectivity index is 5.39. The Hall–Kier alpha value is -1.99. The molecule has 0 aliphatic rings. The summed E-state index contributed by atoms with van der Waals surface area (Å²) in [6.45, 7) is 3.69. The van der Waals surface area contributed by atoms with Crippen molar-refractivity contribution in [1.29, 1.82) is 0 Å². The quantitative estimate of drug-likeness (QED) is 0.146. The standard InChI is InChI=1S/C21H38N4O7S2/c1-12(2)11-16(21(31)32)25-20(30)15(8-10-34-4)24-19(29)14(7-9-33-3)23-18(28)13(22)5-6-17(26)27/h12-16H,5-11,22H2,1-4H3,(H,23,28)(H,24,29)(H,25,30)(H,26,27)(H,31,32). The molecule has 0 spiro atoms. The molecule has 0 radical (unpaired) electrons. The third kappa shape index (κ3) is 13.7. The number of hydrogen-bond donors (Lipinski definition) is 6. The third-order valence-corrected chi connectivity index (χ3v) is 6.10. The maximum Gasteiger partial charge on any atom is 0.326 e. The Morgan fingerprint density at radius 3 is 1.59 bits per heavy atom. The molecule has 0 aromatic heterocycles. The topological polar surface area (TPSA) is 188 Å². The van der Waals surface area contributed by atoms with Crippen molar-refractivity contribution in [2.45, 2.75) is 70.1 Å². The first-order valence-corrected chi connectivity index (χ1v) is 13.8. The van der Waals surface area contributed by atoms with Gasteiger partial charge in [0.25, 0.3) is 0 Å². The van der Waals surface area contributed by atoms with Crippen molar-refractivity contribution in [2.24, 2.45) is 11.7 Å². The van der Waals surface area contributed by atoms with Crippen molar-refractivity contribution < 1.29 is 34.2 Å². The van der Waals surface area contributed by atoms with Gasteiger partial charge in [-0.25, -0.2) is 4.79 Å². The van der Waals surface area contributed by atoms with Crippen LogP contribution in [0, 0.1) is 5.92 Å². The fraction of sp³-hybridized carbons (Fsp3) is 0.762. The average molecular weight is 523 g/mol. The van der Waals surface area contributed by atoms with Crippen LogP contribution in [0.5, 0.6) is 0 Å². The number of carboxylic acids is 2. The lowest BCUT2D eigenvalue weighted by Gasteiger charge is -2.25. The van der Waals surface area contributed by atoms with E-state index in [1.807, 2.05) is 26.4 Å². The molecule has 0 aromatic carbocycles. The molecule has 0 saturated carbocycles. The molecule has 3 amide bonds. The molecule has 0 rings (SSSR count). The minimum absolute atomic E-state index is 0.0390. The van der Waals surface area contributed by atoms with Crippen molar-refractivity contribution in [3.05, 3.63) is 0 Å². The Bertz CT molecular complexity index is 694. The molecule has 4 unspecified atom stereocenters. The maximum atomic E-state index is 13.0. The van der Waals surface area contributed by atoms with Gasteiger partial charge in [0, 0.05) is 6.42 Å². The summed E-state index contributed by atoms with van der Waals surface area (Å²) in [4.78, 5) is 60.4. The number of amides is 3. The zero-order valence-corrected chi connectivity index (χ0v) is 21.8. The Kier molecular flexibility index (Phi) is 16.4. The predicted molar refractivity (Wildman–Crippen MR) is 134 cm³/mol. The van der Waals surface area contributed by atoms with Crippen LogP contribution in [0.4, 0.5) is 0 Å². The van der Waals surface area contributed by atoms with Gasteiger partial charge in [-0.3, -0.25) is 19.2 Å². The monoisotopic (exact) mass is 522 g/mol. The first-order valence-electron chi connectivity index (χ1n) is 11.0. The molecule has 0 saturated heterocycles. The first-order chi connectivity index (χ1) is 15.9. The van der Waals surface area contributed by atoms with E-state index in [-0.39, 0.29) is 38.0 Å². The van der Waals surface area contributed by atoms with Crippen molar-refractivity contribution in [1.82, 2.24) is 16.0 Å². The first kappa shape index (κ1) is 32.0. The summed E-state index contributed by atoms with van der Waals surface area (Å²) in [6, 6.07) is -4.14. The van der Waals surface area contributed by atoms with E-state index in [1.54, 1.807) is 0 Å². The van der Waals surface area contributed by atoms with Gasteiger partial charge in [0.05, 0.1) is 6.04 Å². The molecule has 0 aliphatic carbocycles. The number of carbonyl (C=O) groups is 5. The van der Waals surface area contributed by atoms with Crippen LogP contribution in [0.1, 0.15) is 46.0 Å². The van der Waals surface area contributed by atoms with Crippen LogP contribution in [-0.4, -0.2) is 88.1 Å². The number of nitrogens with two attached hydrogens (primary N) is 1. The molecule has 11 nitrogen and oxygen atoms in total. The summed E-state index contributed by atoms with van der Waals surface area (Å²) >= 11 is 2.93. The number of carboxylic acid groups (broad SMARTS) is 2. The highest BCUT2D eigenvalue weighted by molar-refractivity contribution is 7.98. The molecular formula is C21H38N4O7S2. The van der Waals surface area contributed by atoms with Crippen molar-refractivity contribution in [2.75, 3.05) is 24.0 Å². The Morgan fingerprint density at radius 2 is 1.21 bits per heavy atom. The van der Waals surface area contributed by atoms with E-state index < -0.39 is 53.8 Å². The second kappa shape index (κ2) is 17.4. The number of carbonyl (C=O) groups excluding carboxylic acids is 3. The molecule has 0 fully saturated rings. The highest BCUT2D eigenvalue weighted by atomic mass is 32.2. The molecule has 0 aromatic rings. The molecule has 4 atom stereocenters. The van der Waals surface area contributed by atoms with E-state index in [4.69, 9.17) is 10.8 Å². The second-order valence-electron chi connectivity index (χ2n) is 8.25. The summed E-state index contributed by atoms with van der Waals surface area (Å²) in [5.41, 5.74) is 5.75. The third-order valence-electron chi connectivity index (χ3n) is 4.81. The smallest absolute Gasteiger partial charge is 0.326 e. The number of aliphatic carboxylic acids is 2. The van der Waals surface area contributed by atoms with Crippen LogP contribution in [-0.2, 0) is 24.0 Å². The normalized spacial score (nSPS) is 14.5. The van der Waals surface area contributed by atoms with E-state index in [9.17, 15) is 29.1 Å². The molecule has 0 aliphatic heterocycles. The van der Waals surface area contributed by atoms with Crippen LogP contribution in [0.3, 0.4) is 0 Å². The number of thioether (sulfide) groups is 2. The van der Waals surface area contributed by atoms with Gasteiger partial charge in [0.15, 0.2) is 0 Å². The number of hydrogen-bond acceptors (Lipinski definition) is 8. The Morgan fingerprint density at radius 1 is 0.765 bits per heavy atom.